The van der Waals surface area contributed by atoms with Crippen molar-refractivity contribution in [1.82, 2.24) is 24.6 Å². The second kappa shape index (κ2) is 11.3. The minimum atomic E-state index is -0.735. The van der Waals surface area contributed by atoms with Crippen molar-refractivity contribution in [3.63, 3.8) is 0 Å². The quantitative estimate of drug-likeness (QED) is 0.437. The van der Waals surface area contributed by atoms with Crippen LogP contribution >= 0.6 is 23.2 Å². The molecule has 3 aromatic rings. The van der Waals surface area contributed by atoms with Crippen molar-refractivity contribution in [2.24, 2.45) is 11.8 Å². The number of hydrogen-bond donors (Lipinski definition) is 2. The average Bonchev–Trinajstić information content (AvgIpc) is 3.23. The predicted octanol–water partition coefficient (Wildman–Crippen LogP) is 4.42. The number of aliphatic carboxylic acids is 1. The number of carboxylic acid groups (broad SMARTS) is 1. The summed E-state index contributed by atoms with van der Waals surface area (Å²) in [5, 5.41) is 25.5. The molecule has 38 heavy (non-hydrogen) atoms. The molecule has 2 saturated heterocycles. The third-order valence-corrected chi connectivity index (χ3v) is 8.64. The van der Waals surface area contributed by atoms with Gasteiger partial charge >= 0.3 is 5.97 Å². The molecule has 11 heteroatoms. The van der Waals surface area contributed by atoms with Crippen molar-refractivity contribution in [1.29, 1.82) is 0 Å². The number of fused-ring (bicyclic) bond motifs is 1. The molecule has 0 bridgehead atoms. The van der Waals surface area contributed by atoms with Crippen LogP contribution in [0.4, 0.5) is 5.82 Å². The number of aromatic nitrogens is 4. The first kappa shape index (κ1) is 27.1. The molecule has 4 atom stereocenters. The van der Waals surface area contributed by atoms with E-state index in [0.717, 1.165) is 61.5 Å². The van der Waals surface area contributed by atoms with E-state index in [0.29, 0.717) is 22.2 Å². The van der Waals surface area contributed by atoms with E-state index in [4.69, 9.17) is 38.3 Å². The van der Waals surface area contributed by atoms with Gasteiger partial charge in [-0.05, 0) is 63.3 Å². The lowest BCUT2D eigenvalue weighted by Crippen LogP contribution is -2.55. The Labute approximate surface area is 232 Å². The van der Waals surface area contributed by atoms with Crippen LogP contribution in [0.2, 0.25) is 10.0 Å². The van der Waals surface area contributed by atoms with Gasteiger partial charge in [0, 0.05) is 54.7 Å². The van der Waals surface area contributed by atoms with Crippen LogP contribution in [-0.4, -0.2) is 79.7 Å². The van der Waals surface area contributed by atoms with E-state index in [1.54, 1.807) is 12.3 Å². The number of rotatable bonds is 7. The zero-order valence-electron chi connectivity index (χ0n) is 21.7. The van der Waals surface area contributed by atoms with Gasteiger partial charge < -0.3 is 15.1 Å². The summed E-state index contributed by atoms with van der Waals surface area (Å²) in [6, 6.07) is 5.52. The van der Waals surface area contributed by atoms with Gasteiger partial charge in [-0.15, -0.1) is 0 Å². The smallest absolute Gasteiger partial charge is 0.303 e. The first-order valence-electron chi connectivity index (χ1n) is 13.2. The molecule has 2 aliphatic heterocycles. The van der Waals surface area contributed by atoms with E-state index in [1.807, 2.05) is 30.7 Å². The molecule has 0 spiro atoms. The maximum atomic E-state index is 11.2. The molecule has 2 aromatic heterocycles. The van der Waals surface area contributed by atoms with Crippen LogP contribution < -0.4 is 4.90 Å². The SMILES string of the molecule is Cc1nn([C@H](C)c2ccc(Cl)cc2Cl)c2nc(N3CC[C@H](N4CCCC(CC(=O)O)C4)[C@H](CO)C3)cnc12. The highest BCUT2D eigenvalue weighted by molar-refractivity contribution is 6.35. The average molecular weight is 562 g/mol. The van der Waals surface area contributed by atoms with Gasteiger partial charge in [-0.2, -0.15) is 5.10 Å². The van der Waals surface area contributed by atoms with E-state index in [-0.39, 0.29) is 36.9 Å². The molecule has 9 nitrogen and oxygen atoms in total. The van der Waals surface area contributed by atoms with Crippen molar-refractivity contribution in [3.05, 3.63) is 45.7 Å². The number of aliphatic hydroxyl groups excluding tert-OH is 1. The van der Waals surface area contributed by atoms with E-state index >= 15 is 0 Å². The standard InChI is InChI=1S/C27H34Cl2N6O3/c1-16-26-27(35(32-16)17(2)21-6-5-20(28)11-22(21)29)31-24(12-30-26)34-9-7-23(19(14-34)15-36)33-8-3-4-18(13-33)10-25(37)38/h5-6,11-12,17-19,23,36H,3-4,7-10,13-15H2,1-2H3,(H,37,38)/t17-,18?,19+,23+/m1/s1. The maximum Gasteiger partial charge on any atom is 0.303 e. The molecular weight excluding hydrogens is 527 g/mol. The molecule has 0 radical (unpaired) electrons. The normalized spacial score (nSPS) is 23.6. The van der Waals surface area contributed by atoms with Gasteiger partial charge in [0.2, 0.25) is 0 Å². The number of nitrogens with zero attached hydrogens (tertiary/aromatic N) is 6. The van der Waals surface area contributed by atoms with Gasteiger partial charge in [0.05, 0.1) is 17.9 Å². The fourth-order valence-electron chi connectivity index (χ4n) is 6.14. The number of halogens is 2. The van der Waals surface area contributed by atoms with Gasteiger partial charge in [-0.1, -0.05) is 29.3 Å². The molecule has 1 unspecified atom stereocenters. The zero-order valence-corrected chi connectivity index (χ0v) is 23.2. The molecule has 2 N–H and O–H groups in total. The van der Waals surface area contributed by atoms with Crippen molar-refractivity contribution < 1.29 is 15.0 Å². The fourth-order valence-corrected chi connectivity index (χ4v) is 6.70. The number of likely N-dealkylation sites (tertiary alicyclic amines) is 1. The highest BCUT2D eigenvalue weighted by atomic mass is 35.5. The molecular formula is C27H34Cl2N6O3. The Balaban J connectivity index is 1.37. The van der Waals surface area contributed by atoms with Crippen LogP contribution in [0.25, 0.3) is 11.2 Å². The first-order valence-corrected chi connectivity index (χ1v) is 14.0. The molecule has 0 saturated carbocycles. The third-order valence-electron chi connectivity index (χ3n) is 8.07. The van der Waals surface area contributed by atoms with E-state index < -0.39 is 5.97 Å². The molecule has 5 rings (SSSR count). The highest BCUT2D eigenvalue weighted by Crippen LogP contribution is 2.33. The minimum Gasteiger partial charge on any atom is -0.481 e. The first-order chi connectivity index (χ1) is 18.2. The summed E-state index contributed by atoms with van der Waals surface area (Å²) in [5.41, 5.74) is 3.13. The van der Waals surface area contributed by atoms with Crippen molar-refractivity contribution in [2.45, 2.75) is 51.6 Å². The second-order valence-corrected chi connectivity index (χ2v) is 11.5. The lowest BCUT2D eigenvalue weighted by molar-refractivity contribution is -0.138. The van der Waals surface area contributed by atoms with Crippen molar-refractivity contribution in [2.75, 3.05) is 37.7 Å². The van der Waals surface area contributed by atoms with Crippen LogP contribution in [0.5, 0.6) is 0 Å². The molecule has 4 heterocycles. The van der Waals surface area contributed by atoms with Crippen LogP contribution in [0.15, 0.2) is 24.4 Å². The van der Waals surface area contributed by atoms with Gasteiger partial charge in [-0.25, -0.2) is 14.6 Å². The van der Waals surface area contributed by atoms with E-state index in [2.05, 4.69) is 9.80 Å². The monoisotopic (exact) mass is 560 g/mol. The molecule has 2 fully saturated rings. The molecule has 0 amide bonds. The summed E-state index contributed by atoms with van der Waals surface area (Å²) in [6.45, 7) is 7.20. The number of anilines is 1. The summed E-state index contributed by atoms with van der Waals surface area (Å²) >= 11 is 12.6. The summed E-state index contributed by atoms with van der Waals surface area (Å²) in [4.78, 5) is 25.6. The molecule has 204 valence electrons. The summed E-state index contributed by atoms with van der Waals surface area (Å²) < 4.78 is 1.86. The lowest BCUT2D eigenvalue weighted by atomic mass is 9.87. The van der Waals surface area contributed by atoms with E-state index in [1.165, 1.54) is 0 Å². The maximum absolute atomic E-state index is 11.2. The van der Waals surface area contributed by atoms with Crippen molar-refractivity contribution in [3.8, 4) is 0 Å². The zero-order chi connectivity index (χ0) is 27.0. The van der Waals surface area contributed by atoms with Crippen LogP contribution in [0.1, 0.15) is 49.9 Å². The van der Waals surface area contributed by atoms with Crippen LogP contribution in [-0.2, 0) is 4.79 Å². The van der Waals surface area contributed by atoms with Gasteiger partial charge in [0.25, 0.3) is 0 Å². The number of carbonyl (C=O) groups is 1. The van der Waals surface area contributed by atoms with Gasteiger partial charge in [-0.3, -0.25) is 9.69 Å². The molecule has 1 aromatic carbocycles. The lowest BCUT2D eigenvalue weighted by Gasteiger charge is -2.46. The number of aliphatic hydroxyl groups is 1. The largest absolute Gasteiger partial charge is 0.481 e. The Morgan fingerprint density at radius 1 is 1.21 bits per heavy atom. The summed E-state index contributed by atoms with van der Waals surface area (Å²) in [6.07, 6.45) is 4.83. The van der Waals surface area contributed by atoms with Gasteiger partial charge in [0.1, 0.15) is 11.3 Å². The van der Waals surface area contributed by atoms with E-state index in [9.17, 15) is 15.0 Å². The Kier molecular flexibility index (Phi) is 8.09. The number of hydrogen-bond acceptors (Lipinski definition) is 7. The Morgan fingerprint density at radius 3 is 2.76 bits per heavy atom. The molecule has 2 aliphatic rings. The number of piperidine rings is 2. The van der Waals surface area contributed by atoms with Crippen LogP contribution in [0, 0.1) is 18.8 Å². The molecule has 0 aliphatic carbocycles. The minimum absolute atomic E-state index is 0.0447. The Bertz CT molecular complexity index is 1320. The van der Waals surface area contributed by atoms with Gasteiger partial charge in [0.15, 0.2) is 5.65 Å². The summed E-state index contributed by atoms with van der Waals surface area (Å²) in [7, 11) is 0. The van der Waals surface area contributed by atoms with Crippen molar-refractivity contribution >= 4 is 46.2 Å². The summed E-state index contributed by atoms with van der Waals surface area (Å²) in [5.74, 6) is 0.239. The number of benzene rings is 1. The number of carboxylic acids is 1. The topological polar surface area (TPSA) is 108 Å². The highest BCUT2D eigenvalue weighted by Gasteiger charge is 2.36. The predicted molar refractivity (Wildman–Crippen MR) is 148 cm³/mol. The van der Waals surface area contributed by atoms with Crippen LogP contribution in [0.3, 0.4) is 0 Å². The number of aryl methyl sites for hydroxylation is 1. The Hall–Kier alpha value is -2.46. The second-order valence-electron chi connectivity index (χ2n) is 10.6. The Morgan fingerprint density at radius 2 is 2.03 bits per heavy atom. The third kappa shape index (κ3) is 5.47. The fraction of sp³-hybridized carbons (Fsp3) is 0.556.